The van der Waals surface area contributed by atoms with Crippen molar-refractivity contribution in [3.8, 4) is 0 Å². The maximum atomic E-state index is 9.00. The molecule has 88 valence electrons. The number of rotatable bonds is 0. The summed E-state index contributed by atoms with van der Waals surface area (Å²) in [5.74, 6) is 0. The molecule has 0 saturated carbocycles. The fourth-order valence-electron chi connectivity index (χ4n) is 0.721. The maximum absolute atomic E-state index is 9.00. The molecule has 6 heteroatoms. The Morgan fingerprint density at radius 2 is 1.53 bits per heavy atom. The van der Waals surface area contributed by atoms with Gasteiger partial charge in [0.2, 0.25) is 5.39 Å². The van der Waals surface area contributed by atoms with Crippen molar-refractivity contribution in [2.45, 2.75) is 0 Å². The average molecular weight is 249 g/mol. The van der Waals surface area contributed by atoms with Crippen LogP contribution >= 0.6 is 11.3 Å². The first-order chi connectivity index (χ1) is 8.16. The third-order valence-electron chi connectivity index (χ3n) is 1.30. The molecule has 17 heavy (non-hydrogen) atoms. The lowest BCUT2D eigenvalue weighted by Gasteiger charge is -1.69. The minimum Gasteiger partial charge on any atom is -0.352 e. The topological polar surface area (TPSA) is 97.3 Å². The smallest absolute Gasteiger partial charge is 0.352 e. The van der Waals surface area contributed by atoms with Gasteiger partial charge in [0.1, 0.15) is 0 Å². The van der Waals surface area contributed by atoms with Crippen LogP contribution in [0.1, 0.15) is 0 Å². The van der Waals surface area contributed by atoms with E-state index in [2.05, 4.69) is 16.4 Å². The third-order valence-corrected chi connectivity index (χ3v) is 1.93. The van der Waals surface area contributed by atoms with Gasteiger partial charge in [-0.2, -0.15) is 11.3 Å². The van der Waals surface area contributed by atoms with Crippen LogP contribution in [-0.4, -0.2) is 6.03 Å². The minimum absolute atomic E-state index is 0.590. The average Bonchev–Trinajstić information content (AvgIpc) is 2.88. The predicted octanol–water partition coefficient (Wildman–Crippen LogP) is 2.94. The van der Waals surface area contributed by atoms with E-state index in [-0.39, 0.29) is 0 Å². The van der Waals surface area contributed by atoms with Crippen LogP contribution in [0, 0.1) is 5.39 Å². The zero-order valence-electron chi connectivity index (χ0n) is 9.06. The largest absolute Gasteiger partial charge is 0.385 e. The van der Waals surface area contributed by atoms with E-state index < -0.39 is 6.03 Å². The van der Waals surface area contributed by atoms with Crippen LogP contribution in [0.2, 0.25) is 0 Å². The highest BCUT2D eigenvalue weighted by Crippen LogP contribution is 2.07. The Hall–Kier alpha value is -2.39. The van der Waals surface area contributed by atoms with Gasteiger partial charge < -0.3 is 11.5 Å². The summed E-state index contributed by atoms with van der Waals surface area (Å²) in [5.41, 5.74) is 9.09. The van der Waals surface area contributed by atoms with Crippen LogP contribution in [0.25, 0.3) is 4.98 Å². The molecule has 0 radical (unpaired) electrons. The van der Waals surface area contributed by atoms with Crippen molar-refractivity contribution in [3.05, 3.63) is 58.2 Å². The van der Waals surface area contributed by atoms with Crippen molar-refractivity contribution >= 4 is 23.1 Å². The van der Waals surface area contributed by atoms with E-state index in [1.165, 1.54) is 0 Å². The summed E-state index contributed by atoms with van der Waals surface area (Å²) < 4.78 is 0. The summed E-state index contributed by atoms with van der Waals surface area (Å²) in [6.07, 6.45) is 0. The number of carbonyl (C=O) groups is 1. The molecule has 0 fully saturated rings. The summed E-state index contributed by atoms with van der Waals surface area (Å²) in [7, 11) is 0. The molecule has 4 N–H and O–H groups in total. The van der Waals surface area contributed by atoms with Gasteiger partial charge in [-0.1, -0.05) is 30.3 Å². The van der Waals surface area contributed by atoms with Gasteiger partial charge in [0.05, 0.1) is 0 Å². The molecule has 0 spiro atoms. The van der Waals surface area contributed by atoms with Gasteiger partial charge in [-0.3, -0.25) is 0 Å². The number of primary amides is 2. The summed E-state index contributed by atoms with van der Waals surface area (Å²) >= 11 is 1.71. The van der Waals surface area contributed by atoms with Crippen LogP contribution in [-0.2, 0) is 0 Å². The van der Waals surface area contributed by atoms with Crippen LogP contribution < -0.4 is 11.5 Å². The van der Waals surface area contributed by atoms with E-state index in [9.17, 15) is 0 Å². The first kappa shape index (κ1) is 14.6. The number of thiophene rings is 1. The van der Waals surface area contributed by atoms with Gasteiger partial charge >= 0.3 is 11.7 Å². The molecule has 2 aromatic rings. The highest BCUT2D eigenvalue weighted by molar-refractivity contribution is 7.07. The lowest BCUT2D eigenvalue weighted by atomic mass is 10.3. The molecule has 1 aromatic carbocycles. The number of hydrogen-bond donors (Lipinski definition) is 2. The maximum Gasteiger partial charge on any atom is 0.385 e. The second-order valence-electron chi connectivity index (χ2n) is 2.63. The highest BCUT2D eigenvalue weighted by Gasteiger charge is 1.95. The molecule has 1 aromatic heterocycles. The molecule has 0 aliphatic carbocycles. The van der Waals surface area contributed by atoms with Gasteiger partial charge in [0.25, 0.3) is 0 Å². The zero-order chi connectivity index (χ0) is 12.9. The van der Waals surface area contributed by atoms with Crippen molar-refractivity contribution in [2.75, 3.05) is 0 Å². The number of nitrogens with zero attached hydrogens (tertiary/aromatic N) is 2. The summed E-state index contributed by atoms with van der Waals surface area (Å²) in [6.45, 7) is 0. The molecule has 0 aliphatic heterocycles. The number of amides is 2. The molecular formula is C11H13N4OS+. The number of urea groups is 1. The lowest BCUT2D eigenvalue weighted by Crippen LogP contribution is -2.18. The normalized spacial score (nSPS) is 7.47. The van der Waals surface area contributed by atoms with Crippen LogP contribution in [0.3, 0.4) is 0 Å². The number of hydrogen-bond acceptors (Lipinski definition) is 3. The van der Waals surface area contributed by atoms with E-state index >= 15 is 0 Å². The van der Waals surface area contributed by atoms with E-state index in [4.69, 9.17) is 10.2 Å². The lowest BCUT2D eigenvalue weighted by molar-refractivity contribution is 0.256. The quantitative estimate of drug-likeness (QED) is 0.702. The molecule has 0 saturated heterocycles. The van der Waals surface area contributed by atoms with Crippen molar-refractivity contribution in [3.63, 3.8) is 0 Å². The van der Waals surface area contributed by atoms with Gasteiger partial charge in [0.15, 0.2) is 4.98 Å². The van der Waals surface area contributed by atoms with E-state index in [0.29, 0.717) is 5.69 Å². The number of benzene rings is 1. The van der Waals surface area contributed by atoms with E-state index in [1.807, 2.05) is 41.1 Å². The van der Waals surface area contributed by atoms with Gasteiger partial charge in [-0.15, -0.1) is 0 Å². The van der Waals surface area contributed by atoms with Gasteiger partial charge in [0, 0.05) is 12.1 Å². The standard InChI is InChI=1S/C6H5N2.C4H4S.CH4N2O/c7-8-6-4-2-1-3-5-6;1-2-4-5-3-1;2-1(3)4/h1-5H;1-4H;(H4,2,3,4)/q+1;;. The van der Waals surface area contributed by atoms with Gasteiger partial charge in [-0.25, -0.2) is 4.79 Å². The van der Waals surface area contributed by atoms with Crippen molar-refractivity contribution in [1.82, 2.24) is 0 Å². The molecule has 1 heterocycles. The monoisotopic (exact) mass is 249 g/mol. The second kappa shape index (κ2) is 10.1. The number of diazo groups is 1. The van der Waals surface area contributed by atoms with Crippen LogP contribution in [0.4, 0.5) is 10.5 Å². The minimum atomic E-state index is -0.833. The molecule has 0 atom stereocenters. The van der Waals surface area contributed by atoms with Crippen LogP contribution in [0.5, 0.6) is 0 Å². The highest BCUT2D eigenvalue weighted by atomic mass is 32.1. The van der Waals surface area contributed by atoms with Crippen molar-refractivity contribution < 1.29 is 4.79 Å². The van der Waals surface area contributed by atoms with Crippen molar-refractivity contribution in [2.24, 2.45) is 11.5 Å². The molecular weight excluding hydrogens is 236 g/mol. The van der Waals surface area contributed by atoms with Crippen LogP contribution in [0.15, 0.2) is 53.2 Å². The number of nitrogens with two attached hydrogens (primary N) is 2. The molecule has 0 aliphatic rings. The second-order valence-corrected chi connectivity index (χ2v) is 3.45. The first-order valence-corrected chi connectivity index (χ1v) is 5.53. The molecule has 2 amide bonds. The Labute approximate surface area is 103 Å². The fourth-order valence-corrected chi connectivity index (χ4v) is 1.18. The van der Waals surface area contributed by atoms with E-state index in [1.54, 1.807) is 23.5 Å². The van der Waals surface area contributed by atoms with Crippen molar-refractivity contribution in [1.29, 1.82) is 5.39 Å². The van der Waals surface area contributed by atoms with Gasteiger partial charge in [-0.05, 0) is 10.8 Å². The predicted molar refractivity (Wildman–Crippen MR) is 69.3 cm³/mol. The molecule has 0 unspecified atom stereocenters. The Morgan fingerprint density at radius 3 is 1.76 bits per heavy atom. The molecule has 0 bridgehead atoms. The molecule has 5 nitrogen and oxygen atoms in total. The third kappa shape index (κ3) is 11.5. The first-order valence-electron chi connectivity index (χ1n) is 4.59. The zero-order valence-corrected chi connectivity index (χ0v) is 9.88. The molecule has 2 rings (SSSR count). The summed E-state index contributed by atoms with van der Waals surface area (Å²) in [4.78, 5) is 12.0. The Morgan fingerprint density at radius 1 is 1.06 bits per heavy atom. The van der Waals surface area contributed by atoms with E-state index in [0.717, 1.165) is 0 Å². The fraction of sp³-hybridized carbons (Fsp3) is 0. The SMILES string of the molecule is N#[N+]c1ccccc1.NC(N)=O.c1ccsc1. The summed E-state index contributed by atoms with van der Waals surface area (Å²) in [6, 6.07) is 12.1. The Bertz CT molecular complexity index is 415. The number of carbonyl (C=O) groups excluding carboxylic acids is 1. The summed E-state index contributed by atoms with van der Waals surface area (Å²) in [5, 5.41) is 12.2. The Balaban J connectivity index is 0.000000246. The Kier molecular flexibility index (Phi) is 8.71.